The van der Waals surface area contributed by atoms with Gasteiger partial charge in [0.1, 0.15) is 5.82 Å². The van der Waals surface area contributed by atoms with E-state index >= 15 is 0 Å². The van der Waals surface area contributed by atoms with Crippen LogP contribution >= 0.6 is 0 Å². The molecular formula is C10H10FN. The van der Waals surface area contributed by atoms with E-state index in [4.69, 9.17) is 0 Å². The Morgan fingerprint density at radius 3 is 3.08 bits per heavy atom. The molecule has 1 nitrogen and oxygen atoms in total. The van der Waals surface area contributed by atoms with Crippen LogP contribution in [0.2, 0.25) is 0 Å². The van der Waals surface area contributed by atoms with Crippen LogP contribution in [0.15, 0.2) is 23.2 Å². The zero-order valence-corrected chi connectivity index (χ0v) is 6.97. The monoisotopic (exact) mass is 163 g/mol. The molecule has 62 valence electrons. The number of hydrogen-bond acceptors (Lipinski definition) is 1. The Morgan fingerprint density at radius 1 is 1.50 bits per heavy atom. The predicted octanol–water partition coefficient (Wildman–Crippen LogP) is 2.54. The van der Waals surface area contributed by atoms with E-state index in [0.29, 0.717) is 6.54 Å². The Labute approximate surface area is 70.9 Å². The van der Waals surface area contributed by atoms with E-state index in [-0.39, 0.29) is 5.82 Å². The first-order valence-electron chi connectivity index (χ1n) is 4.13. The first-order chi connectivity index (χ1) is 5.81. The quantitative estimate of drug-likeness (QED) is 0.603. The fourth-order valence-electron chi connectivity index (χ4n) is 1.54. The third-order valence-electron chi connectivity index (χ3n) is 2.15. The van der Waals surface area contributed by atoms with E-state index in [2.05, 4.69) is 11.9 Å². The van der Waals surface area contributed by atoms with Crippen LogP contribution in [-0.4, -0.2) is 5.71 Å². The minimum absolute atomic E-state index is 0.165. The number of aliphatic imine (C=N–C) groups is 1. The van der Waals surface area contributed by atoms with Gasteiger partial charge in [-0.15, -0.1) is 0 Å². The van der Waals surface area contributed by atoms with Crippen molar-refractivity contribution >= 4 is 5.71 Å². The summed E-state index contributed by atoms with van der Waals surface area (Å²) in [5.41, 5.74) is 3.25. The molecule has 1 aromatic carbocycles. The van der Waals surface area contributed by atoms with Gasteiger partial charge in [-0.05, 0) is 30.2 Å². The Kier molecular flexibility index (Phi) is 1.68. The Bertz CT molecular complexity index is 342. The van der Waals surface area contributed by atoms with Crippen molar-refractivity contribution in [3.63, 3.8) is 0 Å². The standard InChI is InChI=1S/C10H10FN/c1-2-10-9-4-3-8(11)5-7(9)6-12-10/h3-5H,2,6H2,1H3. The van der Waals surface area contributed by atoms with Gasteiger partial charge in [0.2, 0.25) is 0 Å². The Morgan fingerprint density at radius 2 is 2.33 bits per heavy atom. The third-order valence-corrected chi connectivity index (χ3v) is 2.15. The van der Waals surface area contributed by atoms with Crippen molar-refractivity contribution < 1.29 is 4.39 Å². The van der Waals surface area contributed by atoms with Crippen molar-refractivity contribution in [2.24, 2.45) is 4.99 Å². The summed E-state index contributed by atoms with van der Waals surface area (Å²) in [5.74, 6) is -0.165. The van der Waals surface area contributed by atoms with Crippen molar-refractivity contribution in [3.8, 4) is 0 Å². The highest BCUT2D eigenvalue weighted by molar-refractivity contribution is 6.03. The van der Waals surface area contributed by atoms with Gasteiger partial charge in [-0.3, -0.25) is 4.99 Å². The minimum atomic E-state index is -0.165. The highest BCUT2D eigenvalue weighted by Gasteiger charge is 2.13. The third kappa shape index (κ3) is 1.04. The van der Waals surface area contributed by atoms with Crippen LogP contribution in [0.25, 0.3) is 0 Å². The molecule has 1 aliphatic rings. The molecule has 0 amide bonds. The maximum Gasteiger partial charge on any atom is 0.123 e. The fraction of sp³-hybridized carbons (Fsp3) is 0.300. The summed E-state index contributed by atoms with van der Waals surface area (Å²) in [7, 11) is 0. The van der Waals surface area contributed by atoms with Gasteiger partial charge < -0.3 is 0 Å². The highest BCUT2D eigenvalue weighted by Crippen LogP contribution is 2.20. The van der Waals surface area contributed by atoms with Crippen molar-refractivity contribution in [2.75, 3.05) is 0 Å². The molecule has 12 heavy (non-hydrogen) atoms. The maximum atomic E-state index is 12.7. The van der Waals surface area contributed by atoms with Gasteiger partial charge in [-0.1, -0.05) is 6.92 Å². The van der Waals surface area contributed by atoms with Crippen molar-refractivity contribution in [1.82, 2.24) is 0 Å². The van der Waals surface area contributed by atoms with Gasteiger partial charge in [0.05, 0.1) is 6.54 Å². The molecule has 1 heterocycles. The van der Waals surface area contributed by atoms with Crippen LogP contribution in [0.3, 0.4) is 0 Å². The molecule has 1 aliphatic heterocycles. The number of nitrogens with zero attached hydrogens (tertiary/aromatic N) is 1. The van der Waals surface area contributed by atoms with Crippen LogP contribution in [0.1, 0.15) is 24.5 Å². The molecule has 0 spiro atoms. The van der Waals surface area contributed by atoms with E-state index in [1.54, 1.807) is 6.07 Å². The number of halogens is 1. The van der Waals surface area contributed by atoms with Gasteiger partial charge in [0.25, 0.3) is 0 Å². The SMILES string of the molecule is CCC1=NCc2cc(F)ccc21. The van der Waals surface area contributed by atoms with E-state index < -0.39 is 0 Å². The zero-order chi connectivity index (χ0) is 8.55. The average Bonchev–Trinajstić information content (AvgIpc) is 2.46. The molecular weight excluding hydrogens is 153 g/mol. The molecule has 2 heteroatoms. The molecule has 0 radical (unpaired) electrons. The first-order valence-corrected chi connectivity index (χ1v) is 4.13. The summed E-state index contributed by atoms with van der Waals surface area (Å²) in [6.45, 7) is 2.72. The second-order valence-corrected chi connectivity index (χ2v) is 2.92. The molecule has 0 atom stereocenters. The van der Waals surface area contributed by atoms with Gasteiger partial charge in [-0.25, -0.2) is 4.39 Å². The molecule has 0 aromatic heterocycles. The lowest BCUT2D eigenvalue weighted by Gasteiger charge is -1.99. The minimum Gasteiger partial charge on any atom is -0.284 e. The smallest absolute Gasteiger partial charge is 0.123 e. The summed E-state index contributed by atoms with van der Waals surface area (Å²) in [6.07, 6.45) is 0.929. The molecule has 0 unspecified atom stereocenters. The second kappa shape index (κ2) is 2.70. The zero-order valence-electron chi connectivity index (χ0n) is 6.97. The molecule has 0 saturated heterocycles. The number of rotatable bonds is 1. The van der Waals surface area contributed by atoms with Gasteiger partial charge in [-0.2, -0.15) is 0 Å². The van der Waals surface area contributed by atoms with Crippen LogP contribution in [0, 0.1) is 5.82 Å². The van der Waals surface area contributed by atoms with Crippen LogP contribution in [0.5, 0.6) is 0 Å². The summed E-state index contributed by atoms with van der Waals surface area (Å²) in [6, 6.07) is 4.89. The molecule has 0 fully saturated rings. The lowest BCUT2D eigenvalue weighted by molar-refractivity contribution is 0.626. The van der Waals surface area contributed by atoms with Gasteiger partial charge in [0.15, 0.2) is 0 Å². The number of fused-ring (bicyclic) bond motifs is 1. The number of hydrogen-bond donors (Lipinski definition) is 0. The molecule has 1 aromatic rings. The van der Waals surface area contributed by atoms with E-state index in [1.165, 1.54) is 6.07 Å². The van der Waals surface area contributed by atoms with Gasteiger partial charge in [0, 0.05) is 11.3 Å². The summed E-state index contributed by atoms with van der Waals surface area (Å²) in [5, 5.41) is 0. The van der Waals surface area contributed by atoms with Gasteiger partial charge >= 0.3 is 0 Å². The van der Waals surface area contributed by atoms with Crippen molar-refractivity contribution in [1.29, 1.82) is 0 Å². The fourth-order valence-corrected chi connectivity index (χ4v) is 1.54. The van der Waals surface area contributed by atoms with Crippen molar-refractivity contribution in [2.45, 2.75) is 19.9 Å². The second-order valence-electron chi connectivity index (χ2n) is 2.92. The van der Waals surface area contributed by atoms with Crippen molar-refractivity contribution in [3.05, 3.63) is 35.1 Å². The van der Waals surface area contributed by atoms with E-state index in [1.807, 2.05) is 6.07 Å². The van der Waals surface area contributed by atoms with Crippen LogP contribution < -0.4 is 0 Å². The lowest BCUT2D eigenvalue weighted by Crippen LogP contribution is -1.95. The largest absolute Gasteiger partial charge is 0.284 e. The molecule has 0 N–H and O–H groups in total. The van der Waals surface area contributed by atoms with Crippen LogP contribution in [0.4, 0.5) is 4.39 Å². The predicted molar refractivity (Wildman–Crippen MR) is 46.9 cm³/mol. The Balaban J connectivity index is 2.47. The maximum absolute atomic E-state index is 12.7. The van der Waals surface area contributed by atoms with E-state index in [0.717, 1.165) is 23.3 Å². The lowest BCUT2D eigenvalue weighted by atomic mass is 10.0. The molecule has 2 rings (SSSR count). The Hall–Kier alpha value is -1.18. The topological polar surface area (TPSA) is 12.4 Å². The summed E-state index contributed by atoms with van der Waals surface area (Å²) in [4.78, 5) is 4.31. The summed E-state index contributed by atoms with van der Waals surface area (Å²) < 4.78 is 12.7. The van der Waals surface area contributed by atoms with Crippen LogP contribution in [-0.2, 0) is 6.54 Å². The number of benzene rings is 1. The first kappa shape index (κ1) is 7.47. The highest BCUT2D eigenvalue weighted by atomic mass is 19.1. The molecule has 0 saturated carbocycles. The average molecular weight is 163 g/mol. The molecule has 0 aliphatic carbocycles. The normalized spacial score (nSPS) is 14.3. The van der Waals surface area contributed by atoms with E-state index in [9.17, 15) is 4.39 Å². The molecule has 0 bridgehead atoms. The summed E-state index contributed by atoms with van der Waals surface area (Å²) >= 11 is 0.